The molecule has 0 aromatic heterocycles. The summed E-state index contributed by atoms with van der Waals surface area (Å²) in [6.07, 6.45) is 0. The minimum Gasteiger partial charge on any atom is -0.348 e. The second-order valence-corrected chi connectivity index (χ2v) is 5.06. The molecule has 1 aliphatic heterocycles. The standard InChI is InChI=1S/C17H15NO2/c1-11-15(12-7-3-2-4-8-12)16(19)13-9-5-6-10-14(13)17(20)18-11/h2-11,15H,1H3,(H,18,20)/t11-,15-/m0/s1. The molecular formula is C17H15NO2. The monoisotopic (exact) mass is 265 g/mol. The van der Waals surface area contributed by atoms with Crippen LogP contribution in [0.4, 0.5) is 0 Å². The maximum Gasteiger partial charge on any atom is 0.252 e. The highest BCUT2D eigenvalue weighted by Gasteiger charge is 2.34. The van der Waals surface area contributed by atoms with Gasteiger partial charge in [-0.25, -0.2) is 0 Å². The molecule has 0 spiro atoms. The number of fused-ring (bicyclic) bond motifs is 1. The zero-order valence-corrected chi connectivity index (χ0v) is 11.2. The van der Waals surface area contributed by atoms with Gasteiger partial charge in [0.1, 0.15) is 0 Å². The molecule has 0 unspecified atom stereocenters. The Morgan fingerprint density at radius 3 is 2.15 bits per heavy atom. The van der Waals surface area contributed by atoms with Gasteiger partial charge in [0.2, 0.25) is 0 Å². The molecule has 1 heterocycles. The third kappa shape index (κ3) is 2.01. The minimum absolute atomic E-state index is 0.00218. The summed E-state index contributed by atoms with van der Waals surface area (Å²) in [4.78, 5) is 25.0. The number of carbonyl (C=O) groups is 2. The van der Waals surface area contributed by atoms with Gasteiger partial charge in [-0.3, -0.25) is 9.59 Å². The van der Waals surface area contributed by atoms with Crippen molar-refractivity contribution in [1.29, 1.82) is 0 Å². The first-order valence-electron chi connectivity index (χ1n) is 6.67. The van der Waals surface area contributed by atoms with E-state index in [1.165, 1.54) is 0 Å². The minimum atomic E-state index is -0.344. The molecule has 2 aromatic rings. The zero-order valence-electron chi connectivity index (χ0n) is 11.2. The number of Topliss-reactive ketones (excluding diaryl/α,β-unsaturated/α-hetero) is 1. The summed E-state index contributed by atoms with van der Waals surface area (Å²) in [5, 5.41) is 2.92. The van der Waals surface area contributed by atoms with Crippen LogP contribution in [0.5, 0.6) is 0 Å². The third-order valence-corrected chi connectivity index (χ3v) is 3.74. The fraction of sp³-hybridized carbons (Fsp3) is 0.176. The zero-order chi connectivity index (χ0) is 14.1. The summed E-state index contributed by atoms with van der Waals surface area (Å²) < 4.78 is 0. The summed E-state index contributed by atoms with van der Waals surface area (Å²) in [6, 6.07) is 16.4. The van der Waals surface area contributed by atoms with Crippen molar-refractivity contribution in [1.82, 2.24) is 5.32 Å². The van der Waals surface area contributed by atoms with E-state index in [0.717, 1.165) is 5.56 Å². The number of rotatable bonds is 1. The van der Waals surface area contributed by atoms with E-state index in [2.05, 4.69) is 5.32 Å². The topological polar surface area (TPSA) is 46.2 Å². The Morgan fingerprint density at radius 2 is 1.45 bits per heavy atom. The summed E-state index contributed by atoms with van der Waals surface area (Å²) in [5.74, 6) is -0.527. The van der Waals surface area contributed by atoms with Gasteiger partial charge in [0.15, 0.2) is 5.78 Å². The molecule has 0 aliphatic carbocycles. The van der Waals surface area contributed by atoms with E-state index in [9.17, 15) is 9.59 Å². The lowest BCUT2D eigenvalue weighted by molar-refractivity contribution is 0.0926. The van der Waals surface area contributed by atoms with E-state index >= 15 is 0 Å². The summed E-state index contributed by atoms with van der Waals surface area (Å²) in [7, 11) is 0. The Hall–Kier alpha value is -2.42. The SMILES string of the molecule is C[C@@H]1NC(=O)c2ccccc2C(=O)[C@@H]1c1ccccc1. The van der Waals surface area contributed by atoms with Gasteiger partial charge in [-0.1, -0.05) is 48.5 Å². The van der Waals surface area contributed by atoms with E-state index in [-0.39, 0.29) is 23.7 Å². The molecule has 20 heavy (non-hydrogen) atoms. The normalized spacial score (nSPS) is 21.9. The van der Waals surface area contributed by atoms with E-state index in [0.29, 0.717) is 11.1 Å². The third-order valence-electron chi connectivity index (χ3n) is 3.74. The molecule has 3 heteroatoms. The van der Waals surface area contributed by atoms with Crippen LogP contribution in [0.15, 0.2) is 54.6 Å². The largest absolute Gasteiger partial charge is 0.348 e. The van der Waals surface area contributed by atoms with Crippen molar-refractivity contribution in [2.24, 2.45) is 0 Å². The second kappa shape index (κ2) is 4.93. The Bertz CT molecular complexity index is 664. The number of benzene rings is 2. The van der Waals surface area contributed by atoms with Gasteiger partial charge < -0.3 is 5.32 Å². The molecule has 3 rings (SSSR count). The molecule has 1 amide bonds. The van der Waals surface area contributed by atoms with Crippen LogP contribution < -0.4 is 5.32 Å². The molecule has 3 nitrogen and oxygen atoms in total. The van der Waals surface area contributed by atoms with Crippen molar-refractivity contribution in [3.63, 3.8) is 0 Å². The highest BCUT2D eigenvalue weighted by atomic mass is 16.2. The van der Waals surface area contributed by atoms with Crippen LogP contribution in [-0.2, 0) is 0 Å². The van der Waals surface area contributed by atoms with Crippen molar-refractivity contribution in [2.75, 3.05) is 0 Å². The number of hydrogen-bond acceptors (Lipinski definition) is 2. The number of carbonyl (C=O) groups excluding carboxylic acids is 2. The molecular weight excluding hydrogens is 250 g/mol. The van der Waals surface area contributed by atoms with Gasteiger partial charge in [0.05, 0.1) is 11.5 Å². The van der Waals surface area contributed by atoms with Crippen molar-refractivity contribution in [3.8, 4) is 0 Å². The molecule has 0 fully saturated rings. The van der Waals surface area contributed by atoms with Crippen LogP contribution in [0.25, 0.3) is 0 Å². The van der Waals surface area contributed by atoms with E-state index in [1.807, 2.05) is 37.3 Å². The van der Waals surface area contributed by atoms with Crippen LogP contribution >= 0.6 is 0 Å². The highest BCUT2D eigenvalue weighted by molar-refractivity contribution is 6.12. The number of amides is 1. The van der Waals surface area contributed by atoms with Gasteiger partial charge in [-0.2, -0.15) is 0 Å². The Morgan fingerprint density at radius 1 is 0.850 bits per heavy atom. The van der Waals surface area contributed by atoms with Crippen molar-refractivity contribution in [3.05, 3.63) is 71.3 Å². The van der Waals surface area contributed by atoms with Gasteiger partial charge in [0.25, 0.3) is 5.91 Å². The number of nitrogens with one attached hydrogen (secondary N) is 1. The maximum atomic E-state index is 12.8. The number of hydrogen-bond donors (Lipinski definition) is 1. The quantitative estimate of drug-likeness (QED) is 0.861. The fourth-order valence-electron chi connectivity index (χ4n) is 2.76. The smallest absolute Gasteiger partial charge is 0.252 e. The lowest BCUT2D eigenvalue weighted by Crippen LogP contribution is -2.36. The van der Waals surface area contributed by atoms with Gasteiger partial charge >= 0.3 is 0 Å². The molecule has 2 atom stereocenters. The Labute approximate surface area is 117 Å². The molecule has 2 aromatic carbocycles. The predicted molar refractivity (Wildman–Crippen MR) is 76.9 cm³/mol. The predicted octanol–water partition coefficient (Wildman–Crippen LogP) is 2.79. The van der Waals surface area contributed by atoms with Crippen LogP contribution in [0.2, 0.25) is 0 Å². The van der Waals surface area contributed by atoms with Crippen LogP contribution in [0.1, 0.15) is 39.1 Å². The highest BCUT2D eigenvalue weighted by Crippen LogP contribution is 2.28. The molecule has 1 aliphatic rings. The van der Waals surface area contributed by atoms with Crippen LogP contribution in [0.3, 0.4) is 0 Å². The van der Waals surface area contributed by atoms with Crippen molar-refractivity contribution < 1.29 is 9.59 Å². The van der Waals surface area contributed by atoms with Gasteiger partial charge in [-0.15, -0.1) is 0 Å². The van der Waals surface area contributed by atoms with Crippen molar-refractivity contribution >= 4 is 11.7 Å². The second-order valence-electron chi connectivity index (χ2n) is 5.06. The average molecular weight is 265 g/mol. The summed E-state index contributed by atoms with van der Waals surface area (Å²) in [6.45, 7) is 1.87. The van der Waals surface area contributed by atoms with E-state index in [4.69, 9.17) is 0 Å². The van der Waals surface area contributed by atoms with Gasteiger partial charge in [-0.05, 0) is 18.6 Å². The first-order valence-corrected chi connectivity index (χ1v) is 6.67. The molecule has 1 N–H and O–H groups in total. The lowest BCUT2D eigenvalue weighted by Gasteiger charge is -2.21. The van der Waals surface area contributed by atoms with E-state index < -0.39 is 0 Å². The molecule has 100 valence electrons. The summed E-state index contributed by atoms with van der Waals surface area (Å²) >= 11 is 0. The fourth-order valence-corrected chi connectivity index (χ4v) is 2.76. The van der Waals surface area contributed by atoms with Crippen LogP contribution in [-0.4, -0.2) is 17.7 Å². The Kier molecular flexibility index (Phi) is 3.11. The molecule has 0 saturated heterocycles. The molecule has 0 bridgehead atoms. The van der Waals surface area contributed by atoms with Gasteiger partial charge in [0, 0.05) is 11.6 Å². The Balaban J connectivity index is 2.14. The molecule has 0 saturated carbocycles. The number of ketones is 1. The lowest BCUT2D eigenvalue weighted by atomic mass is 9.85. The molecule has 0 radical (unpaired) electrons. The maximum absolute atomic E-state index is 12.8. The average Bonchev–Trinajstić information content (AvgIpc) is 2.56. The first-order chi connectivity index (χ1) is 9.68. The van der Waals surface area contributed by atoms with Crippen molar-refractivity contribution in [2.45, 2.75) is 18.9 Å². The van der Waals surface area contributed by atoms with Crippen LogP contribution in [0, 0.1) is 0 Å². The summed E-state index contributed by atoms with van der Waals surface area (Å²) in [5.41, 5.74) is 1.90. The first kappa shape index (κ1) is 12.6. The van der Waals surface area contributed by atoms with E-state index in [1.54, 1.807) is 24.3 Å².